The Morgan fingerprint density at radius 2 is 2.08 bits per heavy atom. The highest BCUT2D eigenvalue weighted by molar-refractivity contribution is 5.92. The predicted molar refractivity (Wildman–Crippen MR) is 81.1 cm³/mol. The van der Waals surface area contributed by atoms with Crippen molar-refractivity contribution in [3.05, 3.63) is 57.7 Å². The molecule has 0 bridgehead atoms. The number of halogens is 2. The van der Waals surface area contributed by atoms with Crippen LogP contribution in [0.2, 0.25) is 0 Å². The van der Waals surface area contributed by atoms with Crippen molar-refractivity contribution >= 4 is 5.97 Å². The largest absolute Gasteiger partial charge is 0.463 e. The second-order valence-corrected chi connectivity index (χ2v) is 5.21. The number of hydrogen-bond acceptors (Lipinski definition) is 5. The molecule has 2 N–H and O–H groups in total. The van der Waals surface area contributed by atoms with Crippen LogP contribution in [0, 0.1) is 29.9 Å². The van der Waals surface area contributed by atoms with Crippen molar-refractivity contribution in [2.45, 2.75) is 26.7 Å². The summed E-state index contributed by atoms with van der Waals surface area (Å²) in [5.41, 5.74) is 5.04. The maximum Gasteiger partial charge on any atom is 0.338 e. The Labute approximate surface area is 138 Å². The Balaban J connectivity index is 2.77. The van der Waals surface area contributed by atoms with Crippen LogP contribution in [0.1, 0.15) is 30.9 Å². The Morgan fingerprint density at radius 1 is 1.42 bits per heavy atom. The van der Waals surface area contributed by atoms with Gasteiger partial charge in [0.15, 0.2) is 0 Å². The first-order chi connectivity index (χ1) is 11.3. The van der Waals surface area contributed by atoms with Crippen LogP contribution in [-0.4, -0.2) is 12.6 Å². The van der Waals surface area contributed by atoms with Crippen LogP contribution < -0.4 is 5.73 Å². The highest BCUT2D eigenvalue weighted by Gasteiger charge is 2.39. The number of carbonyl (C=O) groups excluding carboxylic acids is 1. The summed E-state index contributed by atoms with van der Waals surface area (Å²) in [6, 6.07) is 4.12. The van der Waals surface area contributed by atoms with Crippen molar-refractivity contribution < 1.29 is 23.0 Å². The molecule has 126 valence electrons. The molecular weight excluding hydrogens is 318 g/mol. The van der Waals surface area contributed by atoms with Gasteiger partial charge in [0.1, 0.15) is 29.0 Å². The van der Waals surface area contributed by atoms with E-state index >= 15 is 0 Å². The molecule has 1 heterocycles. The minimum absolute atomic E-state index is 0.0373. The van der Waals surface area contributed by atoms with Gasteiger partial charge in [-0.15, -0.1) is 0 Å². The zero-order valence-corrected chi connectivity index (χ0v) is 13.4. The van der Waals surface area contributed by atoms with Crippen molar-refractivity contribution in [1.82, 2.24) is 0 Å². The summed E-state index contributed by atoms with van der Waals surface area (Å²) in [4.78, 5) is 12.3. The average Bonchev–Trinajstić information content (AvgIpc) is 2.51. The summed E-state index contributed by atoms with van der Waals surface area (Å²) in [5.74, 6) is -4.15. The number of esters is 1. The van der Waals surface area contributed by atoms with Crippen molar-refractivity contribution in [3.8, 4) is 6.07 Å². The summed E-state index contributed by atoms with van der Waals surface area (Å²) in [6.45, 7) is 4.53. The fourth-order valence-electron chi connectivity index (χ4n) is 2.59. The van der Waals surface area contributed by atoms with Crippen molar-refractivity contribution in [3.63, 3.8) is 0 Å². The van der Waals surface area contributed by atoms with Crippen LogP contribution in [0.5, 0.6) is 0 Å². The van der Waals surface area contributed by atoms with Gasteiger partial charge in [0.2, 0.25) is 5.88 Å². The van der Waals surface area contributed by atoms with Gasteiger partial charge in [0, 0.05) is 5.56 Å². The number of benzene rings is 1. The number of hydrogen-bond donors (Lipinski definition) is 1. The van der Waals surface area contributed by atoms with E-state index in [2.05, 4.69) is 0 Å². The van der Waals surface area contributed by atoms with E-state index in [4.69, 9.17) is 15.2 Å². The first-order valence-electron chi connectivity index (χ1n) is 7.23. The Kier molecular flexibility index (Phi) is 4.88. The molecule has 2 rings (SSSR count). The smallest absolute Gasteiger partial charge is 0.338 e. The van der Waals surface area contributed by atoms with Gasteiger partial charge in [-0.25, -0.2) is 13.6 Å². The minimum Gasteiger partial charge on any atom is -0.463 e. The summed E-state index contributed by atoms with van der Waals surface area (Å²) < 4.78 is 39.1. The van der Waals surface area contributed by atoms with Crippen LogP contribution in [0.25, 0.3) is 0 Å². The topological polar surface area (TPSA) is 85.3 Å². The lowest BCUT2D eigenvalue weighted by atomic mass is 9.82. The quantitative estimate of drug-likeness (QED) is 0.859. The second-order valence-electron chi connectivity index (χ2n) is 5.21. The average molecular weight is 334 g/mol. The summed E-state index contributed by atoms with van der Waals surface area (Å²) >= 11 is 0. The fourth-order valence-corrected chi connectivity index (χ4v) is 2.59. The van der Waals surface area contributed by atoms with Gasteiger partial charge in [-0.3, -0.25) is 0 Å². The molecule has 1 aliphatic heterocycles. The molecule has 1 aliphatic rings. The summed E-state index contributed by atoms with van der Waals surface area (Å²) in [6.07, 6.45) is 0. The van der Waals surface area contributed by atoms with E-state index in [-0.39, 0.29) is 35.0 Å². The number of nitrogens with two attached hydrogens (primary N) is 1. The number of carbonyl (C=O) groups is 1. The highest BCUT2D eigenvalue weighted by atomic mass is 19.1. The Bertz CT molecular complexity index is 807. The molecule has 0 aliphatic carbocycles. The van der Waals surface area contributed by atoms with Crippen molar-refractivity contribution in [1.29, 1.82) is 5.26 Å². The predicted octanol–water partition coefficient (Wildman–Crippen LogP) is 2.92. The van der Waals surface area contributed by atoms with E-state index in [1.54, 1.807) is 13.0 Å². The third kappa shape index (κ3) is 2.83. The molecule has 1 unspecified atom stereocenters. The molecule has 0 saturated carbocycles. The Hall–Kier alpha value is -2.88. The van der Waals surface area contributed by atoms with Gasteiger partial charge in [-0.1, -0.05) is 6.07 Å². The Morgan fingerprint density at radius 3 is 2.67 bits per heavy atom. The molecule has 1 aromatic rings. The molecule has 1 atom stereocenters. The lowest BCUT2D eigenvalue weighted by Gasteiger charge is -2.27. The van der Waals surface area contributed by atoms with Gasteiger partial charge in [0.05, 0.1) is 18.1 Å². The summed E-state index contributed by atoms with van der Waals surface area (Å²) in [7, 11) is 0. The third-order valence-corrected chi connectivity index (χ3v) is 3.71. The second kappa shape index (κ2) is 6.71. The third-order valence-electron chi connectivity index (χ3n) is 3.71. The van der Waals surface area contributed by atoms with Crippen LogP contribution in [-0.2, 0) is 14.3 Å². The number of rotatable bonds is 3. The molecule has 0 amide bonds. The van der Waals surface area contributed by atoms with Crippen LogP contribution in [0.4, 0.5) is 8.78 Å². The highest BCUT2D eigenvalue weighted by Crippen LogP contribution is 2.41. The van der Waals surface area contributed by atoms with E-state index in [1.807, 2.05) is 0 Å². The van der Waals surface area contributed by atoms with Gasteiger partial charge in [-0.2, -0.15) is 5.26 Å². The molecule has 0 aromatic heterocycles. The molecule has 0 fully saturated rings. The zero-order valence-electron chi connectivity index (χ0n) is 13.4. The van der Waals surface area contributed by atoms with Gasteiger partial charge in [0.25, 0.3) is 0 Å². The molecular formula is C17H16F2N2O3. The van der Waals surface area contributed by atoms with E-state index in [0.29, 0.717) is 0 Å². The SMILES string of the molecule is CCOC(=O)C1=C(C)OC(N)=C(C#N)C1c1c(F)ccc(C)c1F. The van der Waals surface area contributed by atoms with Gasteiger partial charge < -0.3 is 15.2 Å². The fraction of sp³-hybridized carbons (Fsp3) is 0.294. The lowest BCUT2D eigenvalue weighted by molar-refractivity contribution is -0.139. The van der Waals surface area contributed by atoms with Crippen molar-refractivity contribution in [2.75, 3.05) is 6.61 Å². The number of allylic oxidation sites excluding steroid dienone is 2. The zero-order chi connectivity index (χ0) is 18.0. The molecule has 0 radical (unpaired) electrons. The molecule has 5 nitrogen and oxygen atoms in total. The standard InChI is InChI=1S/C17H16F2N2O3/c1-4-23-17(22)12-9(3)24-16(21)10(7-20)13(12)14-11(18)6-5-8(2)15(14)19/h5-6,13H,4,21H2,1-3H3. The monoisotopic (exact) mass is 334 g/mol. The lowest BCUT2D eigenvalue weighted by Crippen LogP contribution is -2.27. The number of nitriles is 1. The number of ether oxygens (including phenoxy) is 2. The first-order valence-corrected chi connectivity index (χ1v) is 7.23. The van der Waals surface area contributed by atoms with E-state index in [0.717, 1.165) is 6.07 Å². The molecule has 7 heteroatoms. The van der Waals surface area contributed by atoms with Crippen LogP contribution >= 0.6 is 0 Å². The van der Waals surface area contributed by atoms with Crippen molar-refractivity contribution in [2.24, 2.45) is 5.73 Å². The van der Waals surface area contributed by atoms with Crippen LogP contribution in [0.3, 0.4) is 0 Å². The maximum atomic E-state index is 14.6. The maximum absolute atomic E-state index is 14.6. The molecule has 24 heavy (non-hydrogen) atoms. The number of aryl methyl sites for hydroxylation is 1. The van der Waals surface area contributed by atoms with E-state index < -0.39 is 29.1 Å². The van der Waals surface area contributed by atoms with Gasteiger partial charge in [-0.05, 0) is 32.4 Å². The summed E-state index contributed by atoms with van der Waals surface area (Å²) in [5, 5.41) is 9.37. The molecule has 0 spiro atoms. The van der Waals surface area contributed by atoms with Crippen LogP contribution in [0.15, 0.2) is 34.9 Å². The molecule has 1 aromatic carbocycles. The normalized spacial score (nSPS) is 17.4. The van der Waals surface area contributed by atoms with E-state index in [9.17, 15) is 18.8 Å². The minimum atomic E-state index is -1.33. The first kappa shape index (κ1) is 17.5. The van der Waals surface area contributed by atoms with E-state index in [1.165, 1.54) is 19.9 Å². The molecule has 0 saturated heterocycles. The number of nitrogens with zero attached hydrogens (tertiary/aromatic N) is 1. The van der Waals surface area contributed by atoms with Gasteiger partial charge >= 0.3 is 5.97 Å².